The fourth-order valence-electron chi connectivity index (χ4n) is 3.40. The van der Waals surface area contributed by atoms with Gasteiger partial charge in [0.15, 0.2) is 0 Å². The van der Waals surface area contributed by atoms with Gasteiger partial charge in [-0.3, -0.25) is 4.98 Å². The van der Waals surface area contributed by atoms with E-state index in [-0.39, 0.29) is 4.90 Å². The number of alkyl halides is 3. The third-order valence-corrected chi connectivity index (χ3v) is 6.66. The van der Waals surface area contributed by atoms with Crippen molar-refractivity contribution in [3.8, 4) is 17.3 Å². The molecule has 1 aliphatic rings. The van der Waals surface area contributed by atoms with Crippen molar-refractivity contribution >= 4 is 26.8 Å². The third kappa shape index (κ3) is 3.70. The Labute approximate surface area is 182 Å². The molecule has 0 amide bonds. The number of nitrogens with one attached hydrogen (secondary N) is 1. The lowest BCUT2D eigenvalue weighted by molar-refractivity contribution is -0.147. The number of nitrogens with zero attached hydrogens (tertiary/aromatic N) is 3. The van der Waals surface area contributed by atoms with Gasteiger partial charge in [0.25, 0.3) is 0 Å². The van der Waals surface area contributed by atoms with E-state index < -0.39 is 22.2 Å². The normalized spacial score (nSPS) is 14.7. The number of halogens is 3. The van der Waals surface area contributed by atoms with E-state index in [1.165, 1.54) is 24.3 Å². The van der Waals surface area contributed by atoms with Gasteiger partial charge < -0.3 is 4.57 Å². The first kappa shape index (κ1) is 21.8. The van der Waals surface area contributed by atoms with Crippen molar-refractivity contribution in [2.45, 2.75) is 31.0 Å². The number of benzene rings is 1. The lowest BCUT2D eigenvalue weighted by Gasteiger charge is -2.18. The molecule has 1 N–H and O–H groups in total. The molecule has 0 bridgehead atoms. The molecule has 2 heterocycles. The molecule has 0 spiro atoms. The van der Waals surface area contributed by atoms with Gasteiger partial charge in [0, 0.05) is 17.5 Å². The van der Waals surface area contributed by atoms with E-state index >= 15 is 0 Å². The van der Waals surface area contributed by atoms with Crippen LogP contribution in [-0.4, -0.2) is 30.2 Å². The average Bonchev–Trinajstić information content (AvgIpc) is 2.99. The van der Waals surface area contributed by atoms with Crippen LogP contribution in [0.2, 0.25) is 0 Å². The molecule has 1 unspecified atom stereocenters. The zero-order chi connectivity index (χ0) is 23.3. The number of aryl methyl sites for hydroxylation is 1. The predicted molar refractivity (Wildman–Crippen MR) is 114 cm³/mol. The van der Waals surface area contributed by atoms with Gasteiger partial charge in [-0.15, -0.1) is 0 Å². The number of pyridine rings is 1. The van der Waals surface area contributed by atoms with Crippen LogP contribution >= 0.6 is 0 Å². The highest BCUT2D eigenvalue weighted by atomic mass is 32.2. The summed E-state index contributed by atoms with van der Waals surface area (Å²) in [5, 5.41) is 9.84. The molecule has 0 fully saturated rings. The first-order valence-corrected chi connectivity index (χ1v) is 11.0. The van der Waals surface area contributed by atoms with E-state index in [4.69, 9.17) is 0 Å². The summed E-state index contributed by atoms with van der Waals surface area (Å²) < 4.78 is 66.6. The molecule has 6 nitrogen and oxygen atoms in total. The van der Waals surface area contributed by atoms with Crippen LogP contribution in [0.15, 0.2) is 59.7 Å². The molecule has 3 aromatic rings. The molecule has 1 atom stereocenters. The number of nitriles is 1. The van der Waals surface area contributed by atoms with Crippen molar-refractivity contribution in [1.82, 2.24) is 14.3 Å². The van der Waals surface area contributed by atoms with E-state index in [9.17, 15) is 26.9 Å². The molecule has 0 saturated carbocycles. The maximum atomic E-state index is 12.8. The molecule has 1 aliphatic carbocycles. The average molecular weight is 458 g/mol. The Kier molecular flexibility index (Phi) is 5.19. The van der Waals surface area contributed by atoms with Crippen LogP contribution in [0.3, 0.4) is 0 Å². The molecular weight excluding hydrogens is 441 g/mol. The number of sulfonamides is 1. The number of hydrogen-bond acceptors (Lipinski definition) is 4. The predicted octanol–water partition coefficient (Wildman–Crippen LogP) is 4.52. The summed E-state index contributed by atoms with van der Waals surface area (Å²) in [6.07, 6.45) is 2.54. The van der Waals surface area contributed by atoms with Gasteiger partial charge >= 0.3 is 6.18 Å². The third-order valence-electron chi connectivity index (χ3n) is 5.11. The molecule has 32 heavy (non-hydrogen) atoms. The zero-order valence-corrected chi connectivity index (χ0v) is 17.8. The van der Waals surface area contributed by atoms with Gasteiger partial charge in [-0.05, 0) is 49.8 Å². The van der Waals surface area contributed by atoms with Crippen LogP contribution in [0.4, 0.5) is 13.2 Å². The summed E-state index contributed by atoms with van der Waals surface area (Å²) in [6, 6.07) is 7.22. The maximum absolute atomic E-state index is 12.8. The number of allylic oxidation sites excluding steroid dienone is 4. The Bertz CT molecular complexity index is 1430. The summed E-state index contributed by atoms with van der Waals surface area (Å²) in [4.78, 5) is 4.09. The van der Waals surface area contributed by atoms with Gasteiger partial charge in [0.2, 0.25) is 10.0 Å². The molecule has 0 saturated heterocycles. The van der Waals surface area contributed by atoms with Gasteiger partial charge in [0.05, 0.1) is 16.1 Å². The second kappa shape index (κ2) is 7.62. The minimum atomic E-state index is -4.70. The van der Waals surface area contributed by atoms with E-state index in [0.717, 1.165) is 23.7 Å². The Morgan fingerprint density at radius 2 is 1.88 bits per heavy atom. The van der Waals surface area contributed by atoms with E-state index in [2.05, 4.69) is 11.1 Å². The minimum absolute atomic E-state index is 0.310. The molecule has 4 rings (SSSR count). The van der Waals surface area contributed by atoms with Crippen LogP contribution in [-0.2, 0) is 10.0 Å². The summed E-state index contributed by atoms with van der Waals surface area (Å²) in [7, 11) is -4.38. The summed E-state index contributed by atoms with van der Waals surface area (Å²) >= 11 is 0. The number of fused-ring (bicyclic) bond motifs is 1. The fourth-order valence-corrected chi connectivity index (χ4v) is 4.63. The molecule has 0 radical (unpaired) electrons. The molecular formula is C22H17F3N4O2S. The van der Waals surface area contributed by atoms with Gasteiger partial charge in [-0.25, -0.2) is 8.42 Å². The van der Waals surface area contributed by atoms with Crippen molar-refractivity contribution in [3.05, 3.63) is 65.9 Å². The van der Waals surface area contributed by atoms with Crippen LogP contribution < -0.4 is 4.72 Å². The molecule has 10 heteroatoms. The lowest BCUT2D eigenvalue weighted by Crippen LogP contribution is -2.42. The quantitative estimate of drug-likeness (QED) is 0.609. The summed E-state index contributed by atoms with van der Waals surface area (Å²) in [6.45, 7) is 2.62. The second-order valence-electron chi connectivity index (χ2n) is 7.41. The highest BCUT2D eigenvalue weighted by molar-refractivity contribution is 7.89. The van der Waals surface area contributed by atoms with Gasteiger partial charge in [-0.1, -0.05) is 18.2 Å². The van der Waals surface area contributed by atoms with Crippen LogP contribution in [0.1, 0.15) is 18.1 Å². The Morgan fingerprint density at radius 1 is 1.22 bits per heavy atom. The lowest BCUT2D eigenvalue weighted by atomic mass is 10.1. The summed E-state index contributed by atoms with van der Waals surface area (Å²) in [5.41, 5.74) is 4.34. The number of aromatic nitrogens is 2. The molecule has 0 aliphatic heterocycles. The van der Waals surface area contributed by atoms with Gasteiger partial charge in [-0.2, -0.15) is 23.2 Å². The first-order valence-electron chi connectivity index (χ1n) is 9.52. The van der Waals surface area contributed by atoms with Crippen molar-refractivity contribution in [2.75, 3.05) is 0 Å². The summed E-state index contributed by atoms with van der Waals surface area (Å²) in [5.74, 6) is 0. The highest BCUT2D eigenvalue weighted by Crippen LogP contribution is 2.37. The second-order valence-corrected chi connectivity index (χ2v) is 9.12. The molecule has 164 valence electrons. The van der Waals surface area contributed by atoms with Gasteiger partial charge in [0.1, 0.15) is 23.2 Å². The Hall–Kier alpha value is -3.42. The maximum Gasteiger partial charge on any atom is 0.404 e. The van der Waals surface area contributed by atoms with E-state index in [1.54, 1.807) is 10.9 Å². The molecule has 1 aromatic carbocycles. The van der Waals surface area contributed by atoms with Crippen molar-refractivity contribution in [2.24, 2.45) is 0 Å². The SMILES string of the molecule is Cc1cnc2c(C#N)c(-c3ccc(S(=O)(=O)NC(C)C(F)(F)F)cc3)n(C3=CC=C3)c2c1. The highest BCUT2D eigenvalue weighted by Gasteiger charge is 2.38. The fraction of sp³-hybridized carbons (Fsp3) is 0.182. The van der Waals surface area contributed by atoms with Crippen molar-refractivity contribution < 1.29 is 21.6 Å². The van der Waals surface area contributed by atoms with Crippen LogP contribution in [0, 0.1) is 18.3 Å². The van der Waals surface area contributed by atoms with Crippen molar-refractivity contribution in [3.63, 3.8) is 0 Å². The Morgan fingerprint density at radius 3 is 2.41 bits per heavy atom. The zero-order valence-electron chi connectivity index (χ0n) is 17.0. The molecule has 2 aromatic heterocycles. The standard InChI is InChI=1S/C22H17F3N4O2S/c1-13-10-19-20(27-12-13)18(11-26)21(29(19)16-4-3-5-16)15-6-8-17(9-7-15)32(30,31)28-14(2)22(23,24)25/h3-10,12,14,28H,1-2H3. The van der Waals surface area contributed by atoms with Crippen molar-refractivity contribution in [1.29, 1.82) is 5.26 Å². The first-order chi connectivity index (χ1) is 15.0. The smallest absolute Gasteiger partial charge is 0.306 e. The monoisotopic (exact) mass is 458 g/mol. The number of rotatable bonds is 5. The minimum Gasteiger partial charge on any atom is -0.306 e. The number of hydrogen-bond donors (Lipinski definition) is 1. The van der Waals surface area contributed by atoms with Crippen LogP contribution in [0.5, 0.6) is 0 Å². The topological polar surface area (TPSA) is 87.8 Å². The van der Waals surface area contributed by atoms with E-state index in [0.29, 0.717) is 22.3 Å². The largest absolute Gasteiger partial charge is 0.404 e. The van der Waals surface area contributed by atoms with E-state index in [1.807, 2.05) is 35.8 Å². The van der Waals surface area contributed by atoms with Crippen LogP contribution in [0.25, 0.3) is 28.0 Å². The Balaban J connectivity index is 1.82.